The number of halogens is 1. The molecule has 1 fully saturated rings. The fraction of sp³-hybridized carbons (Fsp3) is 0.625. The fourth-order valence-corrected chi connectivity index (χ4v) is 1.35. The van der Waals surface area contributed by atoms with E-state index in [0.717, 1.165) is 7.05 Å². The first-order valence-electron chi connectivity index (χ1n) is 4.47. The van der Waals surface area contributed by atoms with Crippen molar-refractivity contribution in [2.45, 2.75) is 18.8 Å². The maximum Gasteiger partial charge on any atom is 0.356 e. The summed E-state index contributed by atoms with van der Waals surface area (Å²) in [4.78, 5) is 33.8. The molecule has 16 heavy (non-hydrogen) atoms. The Balaban J connectivity index is 3.15. The highest BCUT2D eigenvalue weighted by molar-refractivity contribution is 6.13. The number of nitrogens with one attached hydrogen (secondary N) is 1. The van der Waals surface area contributed by atoms with Gasteiger partial charge in [-0.05, 0) is 6.92 Å². The van der Waals surface area contributed by atoms with Gasteiger partial charge in [0.1, 0.15) is 0 Å². The smallest absolute Gasteiger partial charge is 0.356 e. The minimum Gasteiger partial charge on any atom is -0.478 e. The number of hydrogen-bond donors (Lipinski definition) is 2. The van der Waals surface area contributed by atoms with Gasteiger partial charge in [-0.15, -0.1) is 0 Å². The van der Waals surface area contributed by atoms with E-state index >= 15 is 0 Å². The number of aliphatic carboxylic acids is 1. The second kappa shape index (κ2) is 4.05. The van der Waals surface area contributed by atoms with Crippen LogP contribution in [0.15, 0.2) is 0 Å². The predicted molar refractivity (Wildman–Crippen MR) is 48.2 cm³/mol. The Hall–Kier alpha value is -1.70. The van der Waals surface area contributed by atoms with E-state index in [1.54, 1.807) is 5.32 Å². The maximum atomic E-state index is 14.0. The molecule has 0 bridgehead atoms. The van der Waals surface area contributed by atoms with Crippen LogP contribution in [0.1, 0.15) is 6.92 Å². The van der Waals surface area contributed by atoms with E-state index < -0.39 is 29.8 Å². The number of amides is 3. The number of imide groups is 1. The number of rotatable bonds is 3. The van der Waals surface area contributed by atoms with Crippen molar-refractivity contribution in [3.63, 3.8) is 0 Å². The summed E-state index contributed by atoms with van der Waals surface area (Å²) in [5.41, 5.74) is -3.29. The summed E-state index contributed by atoms with van der Waals surface area (Å²) >= 11 is 0. The molecule has 2 atom stereocenters. The van der Waals surface area contributed by atoms with Gasteiger partial charge >= 0.3 is 17.7 Å². The lowest BCUT2D eigenvalue weighted by atomic mass is 10.0. The number of ether oxygens (including phenoxy) is 1. The van der Waals surface area contributed by atoms with Crippen LogP contribution in [-0.4, -0.2) is 53.5 Å². The van der Waals surface area contributed by atoms with E-state index in [1.165, 1.54) is 6.92 Å². The molecule has 0 aliphatic carbocycles. The van der Waals surface area contributed by atoms with E-state index in [1.807, 2.05) is 0 Å². The topological polar surface area (TPSA) is 95.9 Å². The van der Waals surface area contributed by atoms with Gasteiger partial charge in [0.05, 0.1) is 0 Å². The van der Waals surface area contributed by atoms with Crippen molar-refractivity contribution >= 4 is 17.9 Å². The van der Waals surface area contributed by atoms with Gasteiger partial charge in [0.25, 0.3) is 5.91 Å². The minimum absolute atomic E-state index is 0.0332. The highest BCUT2D eigenvalue weighted by Crippen LogP contribution is 2.26. The molecule has 0 saturated carbocycles. The molecule has 0 aromatic carbocycles. The number of carbonyl (C=O) groups is 3. The fourth-order valence-electron chi connectivity index (χ4n) is 1.35. The van der Waals surface area contributed by atoms with Gasteiger partial charge in [-0.1, -0.05) is 0 Å². The molecule has 1 aliphatic rings. The Morgan fingerprint density at radius 1 is 1.69 bits per heavy atom. The lowest BCUT2D eigenvalue weighted by Crippen LogP contribution is -2.70. The first-order valence-corrected chi connectivity index (χ1v) is 4.47. The van der Waals surface area contributed by atoms with Crippen LogP contribution in [0.4, 0.5) is 9.18 Å². The van der Waals surface area contributed by atoms with Crippen molar-refractivity contribution in [2.24, 2.45) is 0 Å². The Morgan fingerprint density at radius 2 is 2.25 bits per heavy atom. The van der Waals surface area contributed by atoms with Crippen LogP contribution in [0, 0.1) is 0 Å². The van der Waals surface area contributed by atoms with Crippen molar-refractivity contribution in [1.82, 2.24) is 10.2 Å². The van der Waals surface area contributed by atoms with Crippen molar-refractivity contribution in [1.29, 1.82) is 0 Å². The summed E-state index contributed by atoms with van der Waals surface area (Å²) in [5.74, 6) is -3.52. The van der Waals surface area contributed by atoms with Crippen molar-refractivity contribution in [2.75, 3.05) is 13.7 Å². The average molecular weight is 234 g/mol. The molecular formula is C8H11FN2O5. The highest BCUT2D eigenvalue weighted by Gasteiger charge is 2.61. The molecule has 1 heterocycles. The van der Waals surface area contributed by atoms with Crippen molar-refractivity contribution < 1.29 is 28.6 Å². The van der Waals surface area contributed by atoms with Gasteiger partial charge < -0.3 is 9.84 Å². The third-order valence-electron chi connectivity index (χ3n) is 2.20. The largest absolute Gasteiger partial charge is 0.478 e. The standard InChI is InChI=1S/C8H11FN2O5/c1-3-16-5-8(9,6(13)14)4(12)10-7(15)11(5)2/h5H,3H2,1-2H3,(H,13,14)(H,10,12,15). The third-order valence-corrected chi connectivity index (χ3v) is 2.20. The Labute approximate surface area is 90.2 Å². The van der Waals surface area contributed by atoms with Gasteiger partial charge in [0, 0.05) is 13.7 Å². The van der Waals surface area contributed by atoms with Gasteiger partial charge in [-0.25, -0.2) is 14.0 Å². The van der Waals surface area contributed by atoms with Crippen LogP contribution in [0.25, 0.3) is 0 Å². The molecule has 2 unspecified atom stereocenters. The molecule has 90 valence electrons. The number of alkyl halides is 1. The number of carboxylic acid groups (broad SMARTS) is 1. The molecule has 7 nitrogen and oxygen atoms in total. The van der Waals surface area contributed by atoms with Gasteiger partial charge in [-0.3, -0.25) is 15.0 Å². The van der Waals surface area contributed by atoms with Crippen LogP contribution in [-0.2, 0) is 14.3 Å². The predicted octanol–water partition coefficient (Wildman–Crippen LogP) is -0.676. The number of nitrogens with zero attached hydrogens (tertiary/aromatic N) is 1. The van der Waals surface area contributed by atoms with Gasteiger partial charge in [0.2, 0.25) is 0 Å². The normalized spacial score (nSPS) is 30.2. The molecule has 0 aromatic heterocycles. The third kappa shape index (κ3) is 1.60. The molecular weight excluding hydrogens is 223 g/mol. The van der Waals surface area contributed by atoms with E-state index in [0.29, 0.717) is 4.90 Å². The summed E-state index contributed by atoms with van der Waals surface area (Å²) < 4.78 is 18.8. The molecule has 2 N–H and O–H groups in total. The van der Waals surface area contributed by atoms with E-state index in [2.05, 4.69) is 0 Å². The SMILES string of the molecule is CCOC1N(C)C(=O)NC(=O)C1(F)C(=O)O. The Morgan fingerprint density at radius 3 is 2.69 bits per heavy atom. The quantitative estimate of drug-likeness (QED) is 0.631. The van der Waals surface area contributed by atoms with Gasteiger partial charge in [0.15, 0.2) is 6.23 Å². The number of carboxylic acids is 1. The number of urea groups is 1. The van der Waals surface area contributed by atoms with E-state index in [9.17, 15) is 18.8 Å². The van der Waals surface area contributed by atoms with E-state index in [-0.39, 0.29) is 6.61 Å². The first-order chi connectivity index (χ1) is 7.35. The van der Waals surface area contributed by atoms with E-state index in [4.69, 9.17) is 9.84 Å². The Bertz CT molecular complexity index is 347. The second-order valence-corrected chi connectivity index (χ2v) is 3.19. The van der Waals surface area contributed by atoms with Crippen LogP contribution < -0.4 is 5.32 Å². The molecule has 1 rings (SSSR count). The lowest BCUT2D eigenvalue weighted by Gasteiger charge is -2.38. The van der Waals surface area contributed by atoms with Crippen LogP contribution in [0.5, 0.6) is 0 Å². The van der Waals surface area contributed by atoms with Crippen molar-refractivity contribution in [3.8, 4) is 0 Å². The number of carbonyl (C=O) groups excluding carboxylic acids is 2. The summed E-state index contributed by atoms with van der Waals surface area (Å²) in [6, 6.07) is -0.905. The molecule has 8 heteroatoms. The van der Waals surface area contributed by atoms with Crippen LogP contribution in [0.3, 0.4) is 0 Å². The van der Waals surface area contributed by atoms with Crippen LogP contribution in [0.2, 0.25) is 0 Å². The highest BCUT2D eigenvalue weighted by atomic mass is 19.1. The first kappa shape index (κ1) is 12.4. The lowest BCUT2D eigenvalue weighted by molar-refractivity contribution is -0.185. The molecule has 0 spiro atoms. The molecule has 1 saturated heterocycles. The molecule has 3 amide bonds. The average Bonchev–Trinajstić information content (AvgIpc) is 2.21. The van der Waals surface area contributed by atoms with Crippen LogP contribution >= 0.6 is 0 Å². The second-order valence-electron chi connectivity index (χ2n) is 3.19. The summed E-state index contributed by atoms with van der Waals surface area (Å²) in [7, 11) is 1.14. The molecule has 1 aliphatic heterocycles. The molecule has 0 aromatic rings. The van der Waals surface area contributed by atoms with Crippen molar-refractivity contribution in [3.05, 3.63) is 0 Å². The number of hydrogen-bond acceptors (Lipinski definition) is 4. The van der Waals surface area contributed by atoms with Gasteiger partial charge in [-0.2, -0.15) is 0 Å². The maximum absolute atomic E-state index is 14.0. The zero-order valence-corrected chi connectivity index (χ0v) is 8.69. The summed E-state index contributed by atoms with van der Waals surface area (Å²) in [6.07, 6.45) is -1.77. The summed E-state index contributed by atoms with van der Waals surface area (Å²) in [6.45, 7) is 1.46. The minimum atomic E-state index is -3.29. The zero-order valence-electron chi connectivity index (χ0n) is 8.69. The Kier molecular flexibility index (Phi) is 3.13. The molecule has 0 radical (unpaired) electrons. The monoisotopic (exact) mass is 234 g/mol. The summed E-state index contributed by atoms with van der Waals surface area (Å²) in [5, 5.41) is 10.3. The zero-order chi connectivity index (χ0) is 12.5.